The number of ether oxygens (including phenoxy) is 3. The minimum atomic E-state index is -0.233. The molecule has 1 aromatic carbocycles. The van der Waals surface area contributed by atoms with Gasteiger partial charge >= 0.3 is 0 Å². The van der Waals surface area contributed by atoms with Crippen LogP contribution in [0.1, 0.15) is 11.5 Å². The number of hydrogen-bond donors (Lipinski definition) is 2. The van der Waals surface area contributed by atoms with E-state index in [1.165, 1.54) is 5.56 Å². The van der Waals surface area contributed by atoms with Crippen LogP contribution in [0, 0.1) is 0 Å². The normalized spacial score (nSPS) is 9.26. The quantitative estimate of drug-likeness (QED) is 0.467. The van der Waals surface area contributed by atoms with E-state index in [1.54, 1.807) is 21.3 Å². The Hall–Kier alpha value is -2.32. The average molecular weight is 382 g/mol. The van der Waals surface area contributed by atoms with Gasteiger partial charge < -0.3 is 24.4 Å². The summed E-state index contributed by atoms with van der Waals surface area (Å²) in [6.45, 7) is 7.22. The number of aliphatic hydroxyl groups excluding tert-OH is 2. The van der Waals surface area contributed by atoms with Gasteiger partial charge in [0.2, 0.25) is 0 Å². The summed E-state index contributed by atoms with van der Waals surface area (Å²) in [4.78, 5) is 19.0. The maximum atomic E-state index is 9.48. The van der Waals surface area contributed by atoms with E-state index in [9.17, 15) is 9.59 Å². The topological polar surface area (TPSA) is 102 Å². The Morgan fingerprint density at radius 2 is 1.33 bits per heavy atom. The number of aliphatic hydroxyl groups is 2. The van der Waals surface area contributed by atoms with Crippen molar-refractivity contribution in [1.82, 2.24) is 0 Å². The summed E-state index contributed by atoms with van der Waals surface area (Å²) in [6.07, 6.45) is 1.06. The Balaban J connectivity index is 0. The third-order valence-corrected chi connectivity index (χ3v) is 3.06. The number of aldehydes is 2. The molecule has 0 aliphatic heterocycles. The summed E-state index contributed by atoms with van der Waals surface area (Å²) in [7, 11) is 5.06. The fraction of sp³-hybridized carbons (Fsp3) is 0.400. The molecule has 0 aromatic heterocycles. The van der Waals surface area contributed by atoms with Crippen molar-refractivity contribution in [3.8, 4) is 5.75 Å². The molecular weight excluding hydrogens is 352 g/mol. The van der Waals surface area contributed by atoms with Crippen LogP contribution in [0.3, 0.4) is 0 Å². The molecule has 0 amide bonds. The van der Waals surface area contributed by atoms with Gasteiger partial charge in [0.15, 0.2) is 0 Å². The number of hydrogen-bond acceptors (Lipinski definition) is 7. The van der Waals surface area contributed by atoms with E-state index in [0.717, 1.165) is 5.75 Å². The third-order valence-electron chi connectivity index (χ3n) is 3.06. The summed E-state index contributed by atoms with van der Waals surface area (Å²) in [5.41, 5.74) is 1.64. The van der Waals surface area contributed by atoms with Gasteiger partial charge in [0.1, 0.15) is 18.3 Å². The van der Waals surface area contributed by atoms with Gasteiger partial charge in [-0.1, -0.05) is 25.3 Å². The molecule has 0 fully saturated rings. The molecule has 2 N–H and O–H groups in total. The lowest BCUT2D eigenvalue weighted by Crippen LogP contribution is -2.12. The summed E-state index contributed by atoms with van der Waals surface area (Å²) >= 11 is 0. The molecule has 1 rings (SSSR count). The number of carbonyl (C=O) groups excluding carboxylic acids is 2. The highest BCUT2D eigenvalue weighted by Crippen LogP contribution is 2.19. The van der Waals surface area contributed by atoms with E-state index >= 15 is 0 Å². The second-order valence-electron chi connectivity index (χ2n) is 5.25. The fourth-order valence-electron chi connectivity index (χ4n) is 1.59. The van der Waals surface area contributed by atoms with Gasteiger partial charge in [-0.15, -0.1) is 0 Å². The first kappa shape index (κ1) is 26.9. The molecule has 27 heavy (non-hydrogen) atoms. The van der Waals surface area contributed by atoms with Crippen molar-refractivity contribution in [3.05, 3.63) is 54.1 Å². The van der Waals surface area contributed by atoms with Gasteiger partial charge in [-0.2, -0.15) is 0 Å². The van der Waals surface area contributed by atoms with Crippen molar-refractivity contribution < 1.29 is 34.0 Å². The van der Waals surface area contributed by atoms with Gasteiger partial charge in [0, 0.05) is 31.3 Å². The molecule has 0 atom stereocenters. The van der Waals surface area contributed by atoms with Crippen LogP contribution in [0.4, 0.5) is 0 Å². The number of benzene rings is 1. The maximum Gasteiger partial charge on any atom is 0.147 e. The molecule has 0 heterocycles. The van der Waals surface area contributed by atoms with Gasteiger partial charge in [-0.05, 0) is 17.7 Å². The molecule has 0 unspecified atom stereocenters. The van der Waals surface area contributed by atoms with Gasteiger partial charge in [0.05, 0.1) is 33.5 Å². The van der Waals surface area contributed by atoms with Crippen LogP contribution in [0.2, 0.25) is 0 Å². The smallest absolute Gasteiger partial charge is 0.147 e. The van der Waals surface area contributed by atoms with Gasteiger partial charge in [0.25, 0.3) is 0 Å². The Labute approximate surface area is 160 Å². The maximum absolute atomic E-state index is 9.48. The van der Waals surface area contributed by atoms with Crippen molar-refractivity contribution in [2.24, 2.45) is 0 Å². The van der Waals surface area contributed by atoms with E-state index in [0.29, 0.717) is 25.8 Å². The minimum absolute atomic E-state index is 0.218. The Morgan fingerprint density at radius 1 is 0.926 bits per heavy atom. The van der Waals surface area contributed by atoms with Crippen LogP contribution in [0.15, 0.2) is 48.6 Å². The second-order valence-corrected chi connectivity index (χ2v) is 5.25. The van der Waals surface area contributed by atoms with Crippen molar-refractivity contribution in [3.63, 3.8) is 0 Å². The number of rotatable bonds is 10. The van der Waals surface area contributed by atoms with Crippen LogP contribution in [0.5, 0.6) is 5.75 Å². The summed E-state index contributed by atoms with van der Waals surface area (Å²) < 4.78 is 15.4. The molecular formula is C20H30O7. The first-order chi connectivity index (χ1) is 12.9. The SMILES string of the molecule is C=C(C=O)CO.C=C(C=O)CO.COCC(COC)c1ccc(OC)cc1. The molecule has 152 valence electrons. The Kier molecular flexibility index (Phi) is 18.4. The van der Waals surface area contributed by atoms with E-state index in [2.05, 4.69) is 13.2 Å². The number of carbonyl (C=O) groups is 2. The van der Waals surface area contributed by atoms with E-state index in [-0.39, 0.29) is 30.3 Å². The Morgan fingerprint density at radius 3 is 1.56 bits per heavy atom. The molecule has 7 heteroatoms. The first-order valence-corrected chi connectivity index (χ1v) is 8.03. The average Bonchev–Trinajstić information content (AvgIpc) is 2.73. The second kappa shape index (κ2) is 18.5. The van der Waals surface area contributed by atoms with Gasteiger partial charge in [-0.25, -0.2) is 0 Å². The van der Waals surface area contributed by atoms with Crippen LogP contribution in [0.25, 0.3) is 0 Å². The lowest BCUT2D eigenvalue weighted by molar-refractivity contribution is -0.106. The molecule has 1 aromatic rings. The first-order valence-electron chi connectivity index (χ1n) is 8.03. The van der Waals surface area contributed by atoms with E-state index < -0.39 is 0 Å². The van der Waals surface area contributed by atoms with Crippen LogP contribution in [-0.4, -0.2) is 70.5 Å². The lowest BCUT2D eigenvalue weighted by Gasteiger charge is -2.15. The van der Waals surface area contributed by atoms with Crippen LogP contribution in [-0.2, 0) is 19.1 Å². The largest absolute Gasteiger partial charge is 0.497 e. The molecule has 0 radical (unpaired) electrons. The fourth-order valence-corrected chi connectivity index (χ4v) is 1.59. The van der Waals surface area contributed by atoms with Crippen molar-refractivity contribution in [2.75, 3.05) is 47.8 Å². The minimum Gasteiger partial charge on any atom is -0.497 e. The highest BCUT2D eigenvalue weighted by Gasteiger charge is 2.10. The lowest BCUT2D eigenvalue weighted by atomic mass is 10.0. The molecule has 0 aliphatic carbocycles. The van der Waals surface area contributed by atoms with E-state index in [4.69, 9.17) is 24.4 Å². The zero-order chi connectivity index (χ0) is 21.1. The highest BCUT2D eigenvalue weighted by molar-refractivity contribution is 5.72. The molecule has 0 aliphatic rings. The summed E-state index contributed by atoms with van der Waals surface area (Å²) in [5, 5.41) is 16.0. The third kappa shape index (κ3) is 14.5. The van der Waals surface area contributed by atoms with Crippen molar-refractivity contribution >= 4 is 12.6 Å². The van der Waals surface area contributed by atoms with Crippen LogP contribution < -0.4 is 4.74 Å². The zero-order valence-corrected chi connectivity index (χ0v) is 16.2. The molecule has 0 spiro atoms. The van der Waals surface area contributed by atoms with Gasteiger partial charge in [-0.3, -0.25) is 9.59 Å². The number of methoxy groups -OCH3 is 3. The predicted octanol–water partition coefficient (Wildman–Crippen LogP) is 1.54. The predicted molar refractivity (Wildman–Crippen MR) is 104 cm³/mol. The van der Waals surface area contributed by atoms with Crippen molar-refractivity contribution in [2.45, 2.75) is 5.92 Å². The molecule has 0 bridgehead atoms. The standard InChI is InChI=1S/C12H18O3.2C4H6O2/c1-13-8-11(9-14-2)10-4-6-12(15-3)7-5-10;2*1-4(2-5)3-6/h4-7,11H,8-9H2,1-3H3;2*2,6H,1,3H2. The molecule has 7 nitrogen and oxygen atoms in total. The van der Waals surface area contributed by atoms with Crippen molar-refractivity contribution in [1.29, 1.82) is 0 Å². The summed E-state index contributed by atoms with van der Waals surface area (Å²) in [5.74, 6) is 1.15. The summed E-state index contributed by atoms with van der Waals surface area (Å²) in [6, 6.07) is 7.99. The highest BCUT2D eigenvalue weighted by atomic mass is 16.5. The zero-order valence-electron chi connectivity index (χ0n) is 16.2. The molecule has 0 saturated heterocycles. The van der Waals surface area contributed by atoms with Crippen LogP contribution >= 0.6 is 0 Å². The van der Waals surface area contributed by atoms with E-state index in [1.807, 2.05) is 24.3 Å². The molecule has 0 saturated carbocycles. The monoisotopic (exact) mass is 382 g/mol. The Bertz CT molecular complexity index is 512.